The highest BCUT2D eigenvalue weighted by molar-refractivity contribution is 5.32. The Labute approximate surface area is 132 Å². The Kier molecular flexibility index (Phi) is 5.32. The molecule has 0 aliphatic carbocycles. The Hall–Kier alpha value is -1.13. The maximum Gasteiger partial charge on any atom is 0.123 e. The second kappa shape index (κ2) is 7.42. The van der Waals surface area contributed by atoms with Gasteiger partial charge in [0.05, 0.1) is 0 Å². The van der Waals surface area contributed by atoms with Crippen LogP contribution in [0.1, 0.15) is 31.2 Å². The Bertz CT molecular complexity index is 480. The SMILES string of the molecule is Cc1cc(F)ccc1OC1CCN(CC2CCNCC2)CC1. The molecule has 2 fully saturated rings. The molecule has 22 heavy (non-hydrogen) atoms. The predicted molar refractivity (Wildman–Crippen MR) is 86.8 cm³/mol. The van der Waals surface area contributed by atoms with Crippen LogP contribution in [0, 0.1) is 18.7 Å². The van der Waals surface area contributed by atoms with Crippen molar-refractivity contribution in [2.24, 2.45) is 5.92 Å². The van der Waals surface area contributed by atoms with Crippen LogP contribution in [0.25, 0.3) is 0 Å². The number of halogens is 1. The van der Waals surface area contributed by atoms with Gasteiger partial charge in [-0.25, -0.2) is 4.39 Å². The first-order chi connectivity index (χ1) is 10.7. The van der Waals surface area contributed by atoms with E-state index in [9.17, 15) is 4.39 Å². The minimum absolute atomic E-state index is 0.193. The molecule has 3 rings (SSSR count). The van der Waals surface area contributed by atoms with Crippen molar-refractivity contribution in [3.63, 3.8) is 0 Å². The van der Waals surface area contributed by atoms with Crippen molar-refractivity contribution in [2.45, 2.75) is 38.7 Å². The molecule has 0 amide bonds. The molecule has 1 N–H and O–H groups in total. The molecule has 0 spiro atoms. The average Bonchev–Trinajstić information content (AvgIpc) is 2.53. The first kappa shape index (κ1) is 15.8. The van der Waals surface area contributed by atoms with E-state index in [2.05, 4.69) is 10.2 Å². The molecule has 0 atom stereocenters. The predicted octanol–water partition coefficient (Wildman–Crippen LogP) is 2.98. The molecule has 2 saturated heterocycles. The topological polar surface area (TPSA) is 24.5 Å². The van der Waals surface area contributed by atoms with Crippen LogP contribution in [0.15, 0.2) is 18.2 Å². The number of rotatable bonds is 4. The van der Waals surface area contributed by atoms with Gasteiger partial charge in [0, 0.05) is 19.6 Å². The molecule has 4 heteroatoms. The molecule has 3 nitrogen and oxygen atoms in total. The number of hydrogen-bond donors (Lipinski definition) is 1. The summed E-state index contributed by atoms with van der Waals surface area (Å²) in [6.45, 7) is 7.74. The minimum Gasteiger partial charge on any atom is -0.490 e. The summed E-state index contributed by atoms with van der Waals surface area (Å²) in [5, 5.41) is 3.43. The van der Waals surface area contributed by atoms with E-state index in [1.807, 2.05) is 6.92 Å². The molecule has 0 bridgehead atoms. The van der Waals surface area contributed by atoms with Crippen LogP contribution in [0.3, 0.4) is 0 Å². The number of ether oxygens (including phenoxy) is 1. The standard InChI is InChI=1S/C18H27FN2O/c1-14-12-16(19)2-3-18(14)22-17-6-10-21(11-7-17)13-15-4-8-20-9-5-15/h2-3,12,15,17,20H,4-11,13H2,1H3. The zero-order valence-corrected chi connectivity index (χ0v) is 13.5. The third kappa shape index (κ3) is 4.20. The van der Waals surface area contributed by atoms with E-state index in [0.29, 0.717) is 0 Å². The largest absolute Gasteiger partial charge is 0.490 e. The lowest BCUT2D eigenvalue weighted by molar-refractivity contribution is 0.0867. The van der Waals surface area contributed by atoms with Gasteiger partial charge in [-0.05, 0) is 75.4 Å². The van der Waals surface area contributed by atoms with E-state index in [1.54, 1.807) is 12.1 Å². The van der Waals surface area contributed by atoms with Crippen molar-refractivity contribution in [2.75, 3.05) is 32.7 Å². The Morgan fingerprint density at radius 2 is 1.91 bits per heavy atom. The first-order valence-electron chi connectivity index (χ1n) is 8.56. The van der Waals surface area contributed by atoms with E-state index in [-0.39, 0.29) is 11.9 Å². The van der Waals surface area contributed by atoms with Gasteiger partial charge in [-0.3, -0.25) is 0 Å². The van der Waals surface area contributed by atoms with Crippen LogP contribution in [0.5, 0.6) is 5.75 Å². The summed E-state index contributed by atoms with van der Waals surface area (Å²) < 4.78 is 19.2. The quantitative estimate of drug-likeness (QED) is 0.925. The lowest BCUT2D eigenvalue weighted by Crippen LogP contribution is -2.42. The van der Waals surface area contributed by atoms with E-state index in [1.165, 1.54) is 38.5 Å². The third-order valence-corrected chi connectivity index (χ3v) is 4.94. The monoisotopic (exact) mass is 306 g/mol. The normalized spacial score (nSPS) is 21.9. The number of hydrogen-bond acceptors (Lipinski definition) is 3. The van der Waals surface area contributed by atoms with E-state index >= 15 is 0 Å². The fraction of sp³-hybridized carbons (Fsp3) is 0.667. The fourth-order valence-corrected chi connectivity index (χ4v) is 3.56. The maximum atomic E-state index is 13.1. The molecule has 0 saturated carbocycles. The van der Waals surface area contributed by atoms with Gasteiger partial charge in [-0.2, -0.15) is 0 Å². The Balaban J connectivity index is 1.45. The van der Waals surface area contributed by atoms with Crippen molar-refractivity contribution >= 4 is 0 Å². The van der Waals surface area contributed by atoms with E-state index in [4.69, 9.17) is 4.74 Å². The lowest BCUT2D eigenvalue weighted by Gasteiger charge is -2.35. The Morgan fingerprint density at radius 1 is 1.18 bits per heavy atom. The highest BCUT2D eigenvalue weighted by atomic mass is 19.1. The van der Waals surface area contributed by atoms with Gasteiger partial charge < -0.3 is 15.0 Å². The zero-order chi connectivity index (χ0) is 15.4. The van der Waals surface area contributed by atoms with Gasteiger partial charge in [0.25, 0.3) is 0 Å². The minimum atomic E-state index is -0.193. The van der Waals surface area contributed by atoms with Crippen molar-refractivity contribution in [3.8, 4) is 5.75 Å². The van der Waals surface area contributed by atoms with Crippen LogP contribution in [-0.4, -0.2) is 43.7 Å². The van der Waals surface area contributed by atoms with Gasteiger partial charge in [0.15, 0.2) is 0 Å². The second-order valence-electron chi connectivity index (χ2n) is 6.72. The van der Waals surface area contributed by atoms with Gasteiger partial charge in [-0.1, -0.05) is 0 Å². The lowest BCUT2D eigenvalue weighted by atomic mass is 9.96. The molecule has 2 aliphatic rings. The summed E-state index contributed by atoms with van der Waals surface area (Å²) in [7, 11) is 0. The van der Waals surface area contributed by atoms with Crippen LogP contribution in [0.4, 0.5) is 4.39 Å². The van der Waals surface area contributed by atoms with Crippen molar-refractivity contribution in [1.29, 1.82) is 0 Å². The number of piperidine rings is 2. The molecular weight excluding hydrogens is 279 g/mol. The summed E-state index contributed by atoms with van der Waals surface area (Å²) in [6, 6.07) is 4.78. The van der Waals surface area contributed by atoms with Gasteiger partial charge in [-0.15, -0.1) is 0 Å². The van der Waals surface area contributed by atoms with Crippen LogP contribution in [-0.2, 0) is 0 Å². The smallest absolute Gasteiger partial charge is 0.123 e. The van der Waals surface area contributed by atoms with Gasteiger partial charge in [0.1, 0.15) is 17.7 Å². The number of benzene rings is 1. The van der Waals surface area contributed by atoms with Crippen LogP contribution >= 0.6 is 0 Å². The van der Waals surface area contributed by atoms with Crippen molar-refractivity contribution in [1.82, 2.24) is 10.2 Å². The molecule has 0 radical (unpaired) electrons. The first-order valence-corrected chi connectivity index (χ1v) is 8.56. The summed E-state index contributed by atoms with van der Waals surface area (Å²) in [5.41, 5.74) is 0.886. The second-order valence-corrected chi connectivity index (χ2v) is 6.72. The average molecular weight is 306 g/mol. The molecule has 0 unspecified atom stereocenters. The highest BCUT2D eigenvalue weighted by Crippen LogP contribution is 2.24. The number of nitrogens with zero attached hydrogens (tertiary/aromatic N) is 1. The van der Waals surface area contributed by atoms with E-state index in [0.717, 1.165) is 43.2 Å². The zero-order valence-electron chi connectivity index (χ0n) is 13.5. The molecule has 1 aromatic carbocycles. The number of likely N-dealkylation sites (tertiary alicyclic amines) is 1. The van der Waals surface area contributed by atoms with Crippen molar-refractivity contribution < 1.29 is 9.13 Å². The third-order valence-electron chi connectivity index (χ3n) is 4.94. The fourth-order valence-electron chi connectivity index (χ4n) is 3.56. The molecular formula is C18H27FN2O. The van der Waals surface area contributed by atoms with Crippen LogP contribution in [0.2, 0.25) is 0 Å². The summed E-state index contributed by atoms with van der Waals surface area (Å²) in [5.74, 6) is 1.50. The summed E-state index contributed by atoms with van der Waals surface area (Å²) in [4.78, 5) is 2.59. The number of aryl methyl sites for hydroxylation is 1. The molecule has 0 aromatic heterocycles. The number of nitrogens with one attached hydrogen (secondary N) is 1. The Morgan fingerprint density at radius 3 is 2.59 bits per heavy atom. The highest BCUT2D eigenvalue weighted by Gasteiger charge is 2.23. The molecule has 2 heterocycles. The maximum absolute atomic E-state index is 13.1. The van der Waals surface area contributed by atoms with Gasteiger partial charge >= 0.3 is 0 Å². The van der Waals surface area contributed by atoms with Gasteiger partial charge in [0.2, 0.25) is 0 Å². The van der Waals surface area contributed by atoms with E-state index < -0.39 is 0 Å². The van der Waals surface area contributed by atoms with Crippen LogP contribution < -0.4 is 10.1 Å². The van der Waals surface area contributed by atoms with Crippen molar-refractivity contribution in [3.05, 3.63) is 29.6 Å². The summed E-state index contributed by atoms with van der Waals surface area (Å²) >= 11 is 0. The summed E-state index contributed by atoms with van der Waals surface area (Å²) in [6.07, 6.45) is 5.04. The molecule has 122 valence electrons. The molecule has 1 aromatic rings. The molecule has 2 aliphatic heterocycles.